The van der Waals surface area contributed by atoms with Crippen molar-refractivity contribution < 1.29 is 38.2 Å². The molecule has 62 heavy (non-hydrogen) atoms. The van der Waals surface area contributed by atoms with Crippen LogP contribution in [-0.2, 0) is 28.6 Å². The van der Waals surface area contributed by atoms with Crippen molar-refractivity contribution in [2.24, 2.45) is 0 Å². The lowest BCUT2D eigenvalue weighted by atomic mass is 10.1. The Kier molecular flexibility index (Phi) is 41.6. The summed E-state index contributed by atoms with van der Waals surface area (Å²) in [7, 11) is 5.51. The third-order valence-corrected chi connectivity index (χ3v) is 10.5. The molecule has 0 spiro atoms. The van der Waals surface area contributed by atoms with E-state index in [4.69, 9.17) is 14.2 Å². The van der Waals surface area contributed by atoms with Crippen LogP contribution in [0, 0.1) is 0 Å². The maximum absolute atomic E-state index is 12.8. The summed E-state index contributed by atoms with van der Waals surface area (Å²) in [5.41, 5.74) is 0. The topological polar surface area (TPSA) is 99.1 Å². The highest BCUT2D eigenvalue weighted by molar-refractivity contribution is 5.72. The molecule has 0 saturated heterocycles. The van der Waals surface area contributed by atoms with E-state index < -0.39 is 18.1 Å². The van der Waals surface area contributed by atoms with Crippen LogP contribution in [0.15, 0.2) is 85.1 Å². The summed E-state index contributed by atoms with van der Waals surface area (Å²) >= 11 is 0. The molecule has 0 aromatic heterocycles. The molecule has 2 atom stereocenters. The molecule has 0 aliphatic carbocycles. The van der Waals surface area contributed by atoms with Gasteiger partial charge in [-0.05, 0) is 89.9 Å². The van der Waals surface area contributed by atoms with Gasteiger partial charge in [-0.15, -0.1) is 0 Å². The van der Waals surface area contributed by atoms with Gasteiger partial charge in [0.25, 0.3) is 0 Å². The van der Waals surface area contributed by atoms with Gasteiger partial charge in [0.05, 0.1) is 34.4 Å². The molecular formula is C54H92NO7+. The second-order valence-corrected chi connectivity index (χ2v) is 17.3. The first-order chi connectivity index (χ1) is 30.1. The van der Waals surface area contributed by atoms with Crippen molar-refractivity contribution in [2.45, 2.75) is 199 Å². The summed E-state index contributed by atoms with van der Waals surface area (Å²) in [5.74, 6) is -1.52. The maximum atomic E-state index is 12.8. The number of unbranched alkanes of at least 4 members (excludes halogenated alkanes) is 15. The molecule has 8 nitrogen and oxygen atoms in total. The smallest absolute Gasteiger partial charge is 0.362 e. The van der Waals surface area contributed by atoms with Gasteiger partial charge in [-0.2, -0.15) is 0 Å². The van der Waals surface area contributed by atoms with Crippen LogP contribution in [0.5, 0.6) is 0 Å². The third kappa shape index (κ3) is 41.8. The van der Waals surface area contributed by atoms with Gasteiger partial charge in [0.1, 0.15) is 6.61 Å². The van der Waals surface area contributed by atoms with Crippen molar-refractivity contribution in [2.75, 3.05) is 41.0 Å². The van der Waals surface area contributed by atoms with Gasteiger partial charge in [-0.1, -0.05) is 163 Å². The molecule has 0 aliphatic rings. The normalized spacial score (nSPS) is 13.6. The predicted molar refractivity (Wildman–Crippen MR) is 261 cm³/mol. The van der Waals surface area contributed by atoms with Gasteiger partial charge in [0.15, 0.2) is 12.1 Å². The van der Waals surface area contributed by atoms with Gasteiger partial charge in [0, 0.05) is 19.3 Å². The Morgan fingerprint density at radius 1 is 0.500 bits per heavy atom. The lowest BCUT2D eigenvalue weighted by molar-refractivity contribution is -0.887. The standard InChI is InChI=1S/C54H91NO7/c1-6-8-10-12-14-16-18-20-22-24-26-28-30-32-34-36-38-40-42-44-52(56)61-49-50(48-60-47-46-51(54(58)59)55(3,4)5)62-53(57)45-43-41-39-37-35-33-31-29-27-25-23-21-19-17-15-13-11-9-7-2/h9,11,14-17,20-23,27,29,33,35,50-51H,6-8,10,12-13,18-19,24-26,28,30-32,34,36-49H2,1-5H3/p+1/b11-9-,16-14-,17-15-,22-20-,23-21-,29-27-,35-33-. The highest BCUT2D eigenvalue weighted by Gasteiger charge is 2.31. The number of carboxylic acids is 1. The molecule has 354 valence electrons. The van der Waals surface area contributed by atoms with E-state index in [9.17, 15) is 19.5 Å². The molecule has 0 aromatic carbocycles. The fraction of sp³-hybridized carbons (Fsp3) is 0.685. The highest BCUT2D eigenvalue weighted by atomic mass is 16.6. The Hall–Kier alpha value is -3.49. The minimum Gasteiger partial charge on any atom is -0.477 e. The van der Waals surface area contributed by atoms with Crippen LogP contribution in [0.1, 0.15) is 187 Å². The summed E-state index contributed by atoms with van der Waals surface area (Å²) in [6.07, 6.45) is 57.7. The first kappa shape index (κ1) is 58.5. The Labute approximate surface area is 380 Å². The molecule has 0 radical (unpaired) electrons. The number of hydrogen-bond acceptors (Lipinski definition) is 6. The lowest BCUT2D eigenvalue weighted by Crippen LogP contribution is -2.50. The first-order valence-electron chi connectivity index (χ1n) is 24.6. The molecule has 0 aliphatic heterocycles. The molecular weight excluding hydrogens is 775 g/mol. The summed E-state index contributed by atoms with van der Waals surface area (Å²) in [6.45, 7) is 4.55. The summed E-state index contributed by atoms with van der Waals surface area (Å²) in [4.78, 5) is 37.1. The molecule has 0 heterocycles. The van der Waals surface area contributed by atoms with E-state index >= 15 is 0 Å². The number of nitrogens with zero attached hydrogens (tertiary/aromatic N) is 1. The number of allylic oxidation sites excluding steroid dienone is 14. The Morgan fingerprint density at radius 2 is 0.903 bits per heavy atom. The number of aliphatic carboxylic acids is 1. The largest absolute Gasteiger partial charge is 0.477 e. The monoisotopic (exact) mass is 867 g/mol. The molecule has 0 saturated carbocycles. The number of carboxylic acid groups (broad SMARTS) is 1. The van der Waals surface area contributed by atoms with Crippen LogP contribution < -0.4 is 0 Å². The number of rotatable bonds is 43. The van der Waals surface area contributed by atoms with Crippen LogP contribution in [0.25, 0.3) is 0 Å². The molecule has 8 heteroatoms. The van der Waals surface area contributed by atoms with Crippen LogP contribution in [-0.4, -0.2) is 80.6 Å². The van der Waals surface area contributed by atoms with Gasteiger partial charge >= 0.3 is 17.9 Å². The molecule has 0 fully saturated rings. The summed E-state index contributed by atoms with van der Waals surface area (Å²) in [6, 6.07) is -0.626. The van der Waals surface area contributed by atoms with Crippen LogP contribution >= 0.6 is 0 Å². The molecule has 2 unspecified atom stereocenters. The maximum Gasteiger partial charge on any atom is 0.362 e. The summed E-state index contributed by atoms with van der Waals surface area (Å²) < 4.78 is 17.3. The van der Waals surface area contributed by atoms with Gasteiger partial charge < -0.3 is 23.8 Å². The lowest BCUT2D eigenvalue weighted by Gasteiger charge is -2.31. The van der Waals surface area contributed by atoms with E-state index in [0.717, 1.165) is 83.5 Å². The van der Waals surface area contributed by atoms with Crippen molar-refractivity contribution >= 4 is 17.9 Å². The summed E-state index contributed by atoms with van der Waals surface area (Å²) in [5, 5.41) is 9.65. The van der Waals surface area contributed by atoms with Crippen molar-refractivity contribution in [3.8, 4) is 0 Å². The predicted octanol–water partition coefficient (Wildman–Crippen LogP) is 14.1. The Morgan fingerprint density at radius 3 is 1.35 bits per heavy atom. The number of carbonyl (C=O) groups is 3. The molecule has 1 N–H and O–H groups in total. The number of ether oxygens (including phenoxy) is 3. The van der Waals surface area contributed by atoms with E-state index in [-0.39, 0.29) is 42.7 Å². The van der Waals surface area contributed by atoms with Crippen molar-refractivity contribution in [3.63, 3.8) is 0 Å². The zero-order chi connectivity index (χ0) is 45.6. The van der Waals surface area contributed by atoms with Crippen molar-refractivity contribution in [3.05, 3.63) is 85.1 Å². The number of esters is 2. The van der Waals surface area contributed by atoms with E-state index in [2.05, 4.69) is 98.9 Å². The van der Waals surface area contributed by atoms with Gasteiger partial charge in [-0.3, -0.25) is 9.59 Å². The molecule has 0 bridgehead atoms. The fourth-order valence-electron chi connectivity index (χ4n) is 6.74. The van der Waals surface area contributed by atoms with Crippen molar-refractivity contribution in [1.82, 2.24) is 0 Å². The highest BCUT2D eigenvalue weighted by Crippen LogP contribution is 2.14. The fourth-order valence-corrected chi connectivity index (χ4v) is 6.74. The number of likely N-dealkylation sites (N-methyl/N-ethyl adjacent to an activating group) is 1. The quantitative estimate of drug-likeness (QED) is 0.0282. The number of hydrogen-bond donors (Lipinski definition) is 1. The average molecular weight is 867 g/mol. The van der Waals surface area contributed by atoms with Crippen LogP contribution in [0.2, 0.25) is 0 Å². The SMILES string of the molecule is CC/C=C\C/C=C\C/C=C\C/C=C\C/C=C\CCCCCC(=O)OC(COCCC(C(=O)O)[N+](C)(C)C)COC(=O)CCCCCCCCCCC/C=C\C/C=C\CCCCC. The third-order valence-electron chi connectivity index (χ3n) is 10.5. The van der Waals surface area contributed by atoms with Gasteiger partial charge in [-0.25, -0.2) is 4.79 Å². The average Bonchev–Trinajstić information content (AvgIpc) is 3.23. The minimum absolute atomic E-state index is 0.0418. The van der Waals surface area contributed by atoms with E-state index in [1.807, 2.05) is 21.1 Å². The minimum atomic E-state index is -0.884. The zero-order valence-corrected chi connectivity index (χ0v) is 40.3. The van der Waals surface area contributed by atoms with Crippen molar-refractivity contribution in [1.29, 1.82) is 0 Å². The molecule has 0 aromatic rings. The molecule has 0 amide bonds. The van der Waals surface area contributed by atoms with E-state index in [1.165, 1.54) is 70.6 Å². The van der Waals surface area contributed by atoms with Crippen LogP contribution in [0.4, 0.5) is 0 Å². The zero-order valence-electron chi connectivity index (χ0n) is 40.3. The first-order valence-corrected chi connectivity index (χ1v) is 24.6. The Balaban J connectivity index is 4.36. The number of quaternary nitrogens is 1. The van der Waals surface area contributed by atoms with E-state index in [0.29, 0.717) is 12.8 Å². The second kappa shape index (κ2) is 44.1. The Bertz CT molecular complexity index is 1290. The molecule has 0 rings (SSSR count). The van der Waals surface area contributed by atoms with Crippen LogP contribution in [0.3, 0.4) is 0 Å². The van der Waals surface area contributed by atoms with E-state index in [1.54, 1.807) is 0 Å². The second-order valence-electron chi connectivity index (χ2n) is 17.3. The number of carbonyl (C=O) groups excluding carboxylic acids is 2. The van der Waals surface area contributed by atoms with Gasteiger partial charge in [0.2, 0.25) is 0 Å².